The van der Waals surface area contributed by atoms with Crippen LogP contribution in [0, 0.1) is 0 Å². The smallest absolute Gasteiger partial charge is 0.307 e. The van der Waals surface area contributed by atoms with E-state index in [4.69, 9.17) is 5.11 Å². The lowest BCUT2D eigenvalue weighted by molar-refractivity contribution is -0.136. The van der Waals surface area contributed by atoms with Crippen LogP contribution in [-0.2, 0) is 22.6 Å². The van der Waals surface area contributed by atoms with Crippen molar-refractivity contribution < 1.29 is 14.7 Å². The molecule has 20 heavy (non-hydrogen) atoms. The van der Waals surface area contributed by atoms with Crippen LogP contribution in [-0.4, -0.2) is 28.1 Å². The Labute approximate surface area is 117 Å². The fourth-order valence-electron chi connectivity index (χ4n) is 2.32. The van der Waals surface area contributed by atoms with E-state index in [1.54, 1.807) is 0 Å². The van der Waals surface area contributed by atoms with Gasteiger partial charge in [-0.2, -0.15) is 0 Å². The number of carbonyl (C=O) groups excluding carboxylic acids is 1. The van der Waals surface area contributed by atoms with Crippen LogP contribution in [0.2, 0.25) is 0 Å². The van der Waals surface area contributed by atoms with E-state index in [2.05, 4.69) is 5.32 Å². The minimum Gasteiger partial charge on any atom is -0.481 e. The van der Waals surface area contributed by atoms with Gasteiger partial charge in [-0.1, -0.05) is 18.2 Å². The number of hydrogen-bond donors (Lipinski definition) is 2. The Kier molecular flexibility index (Phi) is 4.40. The molecule has 0 saturated carbocycles. The fourth-order valence-corrected chi connectivity index (χ4v) is 2.32. The third-order valence-electron chi connectivity index (χ3n) is 3.17. The number of hydrogen-bond acceptors (Lipinski definition) is 2. The predicted molar refractivity (Wildman–Crippen MR) is 76.6 cm³/mol. The van der Waals surface area contributed by atoms with Crippen molar-refractivity contribution in [3.8, 4) is 0 Å². The number of rotatable bonds is 6. The molecule has 0 spiro atoms. The Morgan fingerprint density at radius 2 is 2.05 bits per heavy atom. The van der Waals surface area contributed by atoms with Gasteiger partial charge in [0.2, 0.25) is 5.91 Å². The molecule has 0 unspecified atom stereocenters. The molecular weight excluding hydrogens is 256 g/mol. The van der Waals surface area contributed by atoms with Crippen LogP contribution in [0.15, 0.2) is 30.5 Å². The van der Waals surface area contributed by atoms with Gasteiger partial charge in [0.05, 0.1) is 6.42 Å². The Morgan fingerprint density at radius 1 is 1.30 bits per heavy atom. The molecule has 1 heterocycles. The lowest BCUT2D eigenvalue weighted by Gasteiger charge is -2.05. The first kappa shape index (κ1) is 14.1. The van der Waals surface area contributed by atoms with E-state index in [-0.39, 0.29) is 12.3 Å². The minimum absolute atomic E-state index is 0.00469. The lowest BCUT2D eigenvalue weighted by Crippen LogP contribution is -2.23. The summed E-state index contributed by atoms with van der Waals surface area (Å²) in [6, 6.07) is 7.66. The molecule has 0 aliphatic heterocycles. The number of carboxylic acids is 1. The highest BCUT2D eigenvalue weighted by Gasteiger charge is 2.11. The number of nitrogens with zero attached hydrogens (tertiary/aromatic N) is 1. The summed E-state index contributed by atoms with van der Waals surface area (Å²) in [4.78, 5) is 22.4. The molecule has 5 nitrogen and oxygen atoms in total. The van der Waals surface area contributed by atoms with Crippen LogP contribution < -0.4 is 5.32 Å². The van der Waals surface area contributed by atoms with Crippen molar-refractivity contribution in [3.63, 3.8) is 0 Å². The zero-order valence-corrected chi connectivity index (χ0v) is 11.4. The van der Waals surface area contributed by atoms with Gasteiger partial charge < -0.3 is 15.0 Å². The third kappa shape index (κ3) is 3.17. The lowest BCUT2D eigenvalue weighted by atomic mass is 10.1. The van der Waals surface area contributed by atoms with Crippen molar-refractivity contribution in [2.75, 3.05) is 6.54 Å². The molecular formula is C15H18N2O3. The number of amides is 1. The maximum absolute atomic E-state index is 11.5. The molecule has 0 atom stereocenters. The average molecular weight is 274 g/mol. The van der Waals surface area contributed by atoms with E-state index in [9.17, 15) is 9.59 Å². The second-order valence-corrected chi connectivity index (χ2v) is 4.64. The maximum Gasteiger partial charge on any atom is 0.307 e. The van der Waals surface area contributed by atoms with Gasteiger partial charge in [-0.05, 0) is 18.6 Å². The molecule has 0 aliphatic carbocycles. The number of nitrogens with one attached hydrogen (secondary N) is 1. The van der Waals surface area contributed by atoms with Gasteiger partial charge in [-0.3, -0.25) is 9.59 Å². The molecule has 0 fully saturated rings. The summed E-state index contributed by atoms with van der Waals surface area (Å²) in [5.41, 5.74) is 1.75. The number of fused-ring (bicyclic) bond motifs is 1. The van der Waals surface area contributed by atoms with Crippen LogP contribution >= 0.6 is 0 Å². The van der Waals surface area contributed by atoms with Gasteiger partial charge >= 0.3 is 5.97 Å². The minimum atomic E-state index is -0.850. The second kappa shape index (κ2) is 6.23. The third-order valence-corrected chi connectivity index (χ3v) is 3.17. The first-order valence-corrected chi connectivity index (χ1v) is 6.67. The number of aryl methyl sites for hydroxylation is 1. The summed E-state index contributed by atoms with van der Waals surface area (Å²) in [7, 11) is 0. The van der Waals surface area contributed by atoms with Crippen molar-refractivity contribution in [2.45, 2.75) is 26.3 Å². The number of aromatic nitrogens is 1. The number of carbonyl (C=O) groups is 2. The van der Waals surface area contributed by atoms with Gasteiger partial charge in [0, 0.05) is 36.6 Å². The molecule has 1 aromatic heterocycles. The van der Waals surface area contributed by atoms with E-state index in [1.165, 1.54) is 0 Å². The average Bonchev–Trinajstić information content (AvgIpc) is 2.75. The fraction of sp³-hybridized carbons (Fsp3) is 0.333. The van der Waals surface area contributed by atoms with Crippen LogP contribution in [0.25, 0.3) is 10.9 Å². The van der Waals surface area contributed by atoms with Crippen LogP contribution in [0.5, 0.6) is 0 Å². The van der Waals surface area contributed by atoms with E-state index < -0.39 is 5.97 Å². The van der Waals surface area contributed by atoms with Crippen molar-refractivity contribution in [1.82, 2.24) is 9.88 Å². The first-order valence-electron chi connectivity index (χ1n) is 6.67. The van der Waals surface area contributed by atoms with Crippen molar-refractivity contribution >= 4 is 22.8 Å². The van der Waals surface area contributed by atoms with Crippen molar-refractivity contribution in [1.29, 1.82) is 0 Å². The largest absolute Gasteiger partial charge is 0.481 e. The number of benzene rings is 1. The molecule has 1 aromatic carbocycles. The summed E-state index contributed by atoms with van der Waals surface area (Å²) in [5.74, 6) is -0.846. The van der Waals surface area contributed by atoms with Crippen LogP contribution in [0.4, 0.5) is 0 Å². The van der Waals surface area contributed by atoms with Gasteiger partial charge in [0.15, 0.2) is 0 Å². The Hall–Kier alpha value is -2.30. The SMILES string of the molecule is CCNC(=O)CCn1cc(CC(=O)O)c2ccccc21. The normalized spacial score (nSPS) is 10.7. The van der Waals surface area contributed by atoms with Crippen LogP contribution in [0.1, 0.15) is 18.9 Å². The zero-order chi connectivity index (χ0) is 14.5. The molecule has 2 rings (SSSR count). The summed E-state index contributed by atoms with van der Waals surface area (Å²) >= 11 is 0. The standard InChI is InChI=1S/C15H18N2O3/c1-2-16-14(18)7-8-17-10-11(9-15(19)20)12-5-3-4-6-13(12)17/h3-6,10H,2,7-9H2,1H3,(H,16,18)(H,19,20). The van der Waals surface area contributed by atoms with E-state index >= 15 is 0 Å². The van der Waals surface area contributed by atoms with Crippen molar-refractivity contribution in [2.24, 2.45) is 0 Å². The highest BCUT2D eigenvalue weighted by molar-refractivity contribution is 5.87. The first-order chi connectivity index (χ1) is 9.61. The van der Waals surface area contributed by atoms with E-state index in [1.807, 2.05) is 42.0 Å². The summed E-state index contributed by atoms with van der Waals surface area (Å²) in [5, 5.41) is 12.6. The molecule has 5 heteroatoms. The van der Waals surface area contributed by atoms with Crippen molar-refractivity contribution in [3.05, 3.63) is 36.0 Å². The highest BCUT2D eigenvalue weighted by atomic mass is 16.4. The van der Waals surface area contributed by atoms with Crippen LogP contribution in [0.3, 0.4) is 0 Å². The van der Waals surface area contributed by atoms with E-state index in [0.29, 0.717) is 19.5 Å². The molecule has 0 saturated heterocycles. The second-order valence-electron chi connectivity index (χ2n) is 4.64. The highest BCUT2D eigenvalue weighted by Crippen LogP contribution is 2.22. The predicted octanol–water partition coefficient (Wildman–Crippen LogP) is 1.79. The number of para-hydroxylation sites is 1. The summed E-state index contributed by atoms with van der Waals surface area (Å²) in [6.45, 7) is 3.05. The zero-order valence-electron chi connectivity index (χ0n) is 11.4. The molecule has 1 amide bonds. The monoisotopic (exact) mass is 274 g/mol. The molecule has 0 bridgehead atoms. The number of aliphatic carboxylic acids is 1. The number of carboxylic acid groups (broad SMARTS) is 1. The Balaban J connectivity index is 2.24. The maximum atomic E-state index is 11.5. The van der Waals surface area contributed by atoms with Gasteiger partial charge in [0.25, 0.3) is 0 Å². The van der Waals surface area contributed by atoms with Gasteiger partial charge in [0.1, 0.15) is 0 Å². The summed E-state index contributed by atoms with van der Waals surface area (Å²) in [6.07, 6.45) is 2.21. The molecule has 0 aliphatic rings. The Morgan fingerprint density at radius 3 is 2.75 bits per heavy atom. The molecule has 106 valence electrons. The quantitative estimate of drug-likeness (QED) is 0.843. The molecule has 0 radical (unpaired) electrons. The topological polar surface area (TPSA) is 71.3 Å². The van der Waals surface area contributed by atoms with E-state index in [0.717, 1.165) is 16.5 Å². The molecule has 2 N–H and O–H groups in total. The Bertz CT molecular complexity index is 631. The summed E-state index contributed by atoms with van der Waals surface area (Å²) < 4.78 is 1.95. The molecule has 2 aromatic rings. The van der Waals surface area contributed by atoms with Gasteiger partial charge in [-0.25, -0.2) is 0 Å². The van der Waals surface area contributed by atoms with Gasteiger partial charge in [-0.15, -0.1) is 0 Å².